The number of amides is 2. The number of para-hydroxylation sites is 1. The van der Waals surface area contributed by atoms with Crippen LogP contribution >= 0.6 is 15.9 Å². The highest BCUT2D eigenvalue weighted by atomic mass is 79.9. The highest BCUT2D eigenvalue weighted by Gasteiger charge is 2.36. The van der Waals surface area contributed by atoms with E-state index in [1.807, 2.05) is 72.8 Å². The van der Waals surface area contributed by atoms with Gasteiger partial charge >= 0.3 is 0 Å². The lowest BCUT2D eigenvalue weighted by Crippen LogP contribution is -2.36. The van der Waals surface area contributed by atoms with Gasteiger partial charge in [0.05, 0.1) is 23.3 Å². The first-order valence-corrected chi connectivity index (χ1v) is 10.2. The van der Waals surface area contributed by atoms with E-state index < -0.39 is 5.92 Å². The Bertz CT molecular complexity index is 971. The quantitative estimate of drug-likeness (QED) is 0.637. The first-order chi connectivity index (χ1) is 14.1. The maximum Gasteiger partial charge on any atom is 0.227 e. The number of halogens is 1. The molecule has 0 radical (unpaired) electrons. The second kappa shape index (κ2) is 8.57. The number of carbonyl (C=O) groups excluding carboxylic acids is 2. The van der Waals surface area contributed by atoms with E-state index in [1.54, 1.807) is 11.1 Å². The second-order valence-electron chi connectivity index (χ2n) is 6.96. The molecule has 0 aliphatic carbocycles. The van der Waals surface area contributed by atoms with Gasteiger partial charge in [0.2, 0.25) is 11.8 Å². The molecule has 3 aromatic rings. The van der Waals surface area contributed by atoms with Gasteiger partial charge in [-0.15, -0.1) is 0 Å². The Labute approximate surface area is 177 Å². The third-order valence-electron chi connectivity index (χ3n) is 5.04. The third-order valence-corrected chi connectivity index (χ3v) is 5.71. The van der Waals surface area contributed by atoms with Gasteiger partial charge in [-0.3, -0.25) is 14.6 Å². The molecule has 1 saturated heterocycles. The zero-order valence-corrected chi connectivity index (χ0v) is 17.2. The van der Waals surface area contributed by atoms with E-state index in [9.17, 15) is 9.59 Å². The van der Waals surface area contributed by atoms with Gasteiger partial charge in [-0.05, 0) is 45.8 Å². The van der Waals surface area contributed by atoms with Gasteiger partial charge in [0.25, 0.3) is 0 Å². The lowest BCUT2D eigenvalue weighted by Gasteiger charge is -2.21. The normalized spacial score (nSPS) is 17.2. The molecule has 146 valence electrons. The van der Waals surface area contributed by atoms with Crippen molar-refractivity contribution >= 4 is 33.4 Å². The summed E-state index contributed by atoms with van der Waals surface area (Å²) in [6.45, 7) is 0.358. The Hall–Kier alpha value is -2.99. The van der Waals surface area contributed by atoms with Crippen molar-refractivity contribution in [3.8, 4) is 0 Å². The maximum atomic E-state index is 13.1. The number of pyridine rings is 1. The summed E-state index contributed by atoms with van der Waals surface area (Å²) in [5.41, 5.74) is 2.50. The molecule has 2 amide bonds. The minimum absolute atomic E-state index is 0.0499. The zero-order valence-electron chi connectivity index (χ0n) is 15.7. The Morgan fingerprint density at radius 2 is 1.76 bits per heavy atom. The second-order valence-corrected chi connectivity index (χ2v) is 7.82. The first kappa shape index (κ1) is 19.3. The number of rotatable bonds is 5. The van der Waals surface area contributed by atoms with E-state index in [2.05, 4.69) is 26.2 Å². The van der Waals surface area contributed by atoms with E-state index in [-0.39, 0.29) is 24.3 Å². The van der Waals surface area contributed by atoms with E-state index in [0.717, 1.165) is 21.4 Å². The maximum absolute atomic E-state index is 13.1. The number of nitrogens with zero attached hydrogens (tertiary/aromatic N) is 2. The number of aromatic nitrogens is 1. The van der Waals surface area contributed by atoms with Crippen molar-refractivity contribution in [2.75, 3.05) is 11.4 Å². The van der Waals surface area contributed by atoms with Crippen molar-refractivity contribution in [2.24, 2.45) is 5.92 Å². The molecule has 1 N–H and O–H groups in total. The predicted octanol–water partition coefficient (Wildman–Crippen LogP) is 4.10. The molecule has 1 fully saturated rings. The zero-order chi connectivity index (χ0) is 20.2. The average molecular weight is 450 g/mol. The number of carbonyl (C=O) groups is 2. The van der Waals surface area contributed by atoms with Gasteiger partial charge < -0.3 is 10.2 Å². The fourth-order valence-electron chi connectivity index (χ4n) is 3.57. The van der Waals surface area contributed by atoms with E-state index in [4.69, 9.17) is 0 Å². The lowest BCUT2D eigenvalue weighted by atomic mass is 10.0. The molecule has 4 rings (SSSR count). The molecule has 0 bridgehead atoms. The summed E-state index contributed by atoms with van der Waals surface area (Å²) >= 11 is 3.49. The van der Waals surface area contributed by atoms with Crippen LogP contribution in [0.2, 0.25) is 0 Å². The molecule has 1 aliphatic heterocycles. The standard InChI is InChI=1S/C23H20BrN3O2/c24-18-10-4-5-12-20(18)27-15-17(14-21(27)28)23(29)26-22(16-8-2-1-3-9-16)19-11-6-7-13-25-19/h1-13,17,22H,14-15H2,(H,26,29). The van der Waals surface area contributed by atoms with Gasteiger partial charge in [0.15, 0.2) is 0 Å². The topological polar surface area (TPSA) is 62.3 Å². The Morgan fingerprint density at radius 3 is 2.48 bits per heavy atom. The summed E-state index contributed by atoms with van der Waals surface area (Å²) in [4.78, 5) is 31.8. The highest BCUT2D eigenvalue weighted by molar-refractivity contribution is 9.10. The molecule has 0 saturated carbocycles. The summed E-state index contributed by atoms with van der Waals surface area (Å²) < 4.78 is 0.838. The van der Waals surface area contributed by atoms with E-state index in [0.29, 0.717) is 6.54 Å². The molecule has 2 heterocycles. The molecule has 5 nitrogen and oxygen atoms in total. The fourth-order valence-corrected chi connectivity index (χ4v) is 4.07. The number of nitrogens with one attached hydrogen (secondary N) is 1. The summed E-state index contributed by atoms with van der Waals surface area (Å²) in [7, 11) is 0. The number of hydrogen-bond acceptors (Lipinski definition) is 3. The van der Waals surface area contributed by atoms with Crippen molar-refractivity contribution in [2.45, 2.75) is 12.5 Å². The van der Waals surface area contributed by atoms with Crippen LogP contribution in [0.5, 0.6) is 0 Å². The first-order valence-electron chi connectivity index (χ1n) is 9.44. The molecule has 2 unspecified atom stereocenters. The Balaban J connectivity index is 1.54. The Morgan fingerprint density at radius 1 is 1.03 bits per heavy atom. The van der Waals surface area contributed by atoms with Crippen LogP contribution in [0.25, 0.3) is 0 Å². The van der Waals surface area contributed by atoms with E-state index in [1.165, 1.54) is 0 Å². The molecular formula is C23H20BrN3O2. The molecular weight excluding hydrogens is 430 g/mol. The van der Waals surface area contributed by atoms with Crippen LogP contribution < -0.4 is 10.2 Å². The molecule has 29 heavy (non-hydrogen) atoms. The number of benzene rings is 2. The molecule has 1 aliphatic rings. The van der Waals surface area contributed by atoms with Crippen molar-refractivity contribution in [1.82, 2.24) is 10.3 Å². The minimum Gasteiger partial charge on any atom is -0.343 e. The third kappa shape index (κ3) is 4.22. The van der Waals surface area contributed by atoms with Crippen LogP contribution in [0, 0.1) is 5.92 Å². The van der Waals surface area contributed by atoms with Crippen molar-refractivity contribution in [1.29, 1.82) is 0 Å². The Kier molecular flexibility index (Phi) is 5.71. The lowest BCUT2D eigenvalue weighted by molar-refractivity contribution is -0.126. The van der Waals surface area contributed by atoms with Gasteiger partial charge in [-0.1, -0.05) is 48.5 Å². The van der Waals surface area contributed by atoms with Crippen molar-refractivity contribution in [3.63, 3.8) is 0 Å². The van der Waals surface area contributed by atoms with Gasteiger partial charge in [0.1, 0.15) is 0 Å². The van der Waals surface area contributed by atoms with Crippen LogP contribution in [0.3, 0.4) is 0 Å². The minimum atomic E-state index is -0.412. The predicted molar refractivity (Wildman–Crippen MR) is 115 cm³/mol. The van der Waals surface area contributed by atoms with Crippen molar-refractivity contribution in [3.05, 3.63) is 94.7 Å². The smallest absolute Gasteiger partial charge is 0.227 e. The van der Waals surface area contributed by atoms with Crippen LogP contribution in [0.1, 0.15) is 23.7 Å². The molecule has 2 aromatic carbocycles. The monoisotopic (exact) mass is 449 g/mol. The SMILES string of the molecule is O=C(NC(c1ccccc1)c1ccccn1)C1CC(=O)N(c2ccccc2Br)C1. The molecule has 2 atom stereocenters. The van der Waals surface area contributed by atoms with Gasteiger partial charge in [-0.25, -0.2) is 0 Å². The largest absolute Gasteiger partial charge is 0.343 e. The highest BCUT2D eigenvalue weighted by Crippen LogP contribution is 2.32. The van der Waals surface area contributed by atoms with Gasteiger partial charge in [0, 0.05) is 23.6 Å². The van der Waals surface area contributed by atoms with Crippen LogP contribution in [0.4, 0.5) is 5.69 Å². The molecule has 6 heteroatoms. The summed E-state index contributed by atoms with van der Waals surface area (Å²) in [6, 6.07) is 22.6. The van der Waals surface area contributed by atoms with Crippen LogP contribution in [-0.4, -0.2) is 23.3 Å². The summed E-state index contributed by atoms with van der Waals surface area (Å²) in [5.74, 6) is -0.608. The van der Waals surface area contributed by atoms with Crippen molar-refractivity contribution < 1.29 is 9.59 Å². The fraction of sp³-hybridized carbons (Fsp3) is 0.174. The number of hydrogen-bond donors (Lipinski definition) is 1. The van der Waals surface area contributed by atoms with Crippen LogP contribution in [-0.2, 0) is 9.59 Å². The molecule has 1 aromatic heterocycles. The molecule has 0 spiro atoms. The average Bonchev–Trinajstić information content (AvgIpc) is 3.15. The summed E-state index contributed by atoms with van der Waals surface area (Å²) in [5, 5.41) is 3.11. The van der Waals surface area contributed by atoms with E-state index >= 15 is 0 Å². The number of anilines is 1. The van der Waals surface area contributed by atoms with Gasteiger partial charge in [-0.2, -0.15) is 0 Å². The summed E-state index contributed by atoms with van der Waals surface area (Å²) in [6.07, 6.45) is 1.90. The van der Waals surface area contributed by atoms with Crippen LogP contribution in [0.15, 0.2) is 83.5 Å².